The average molecular weight is 387 g/mol. The first-order valence-corrected chi connectivity index (χ1v) is 10.1. The number of hydrogen-bond acceptors (Lipinski definition) is 6. The number of carbonyl (C=O) groups is 2. The van der Waals surface area contributed by atoms with Gasteiger partial charge in [-0.2, -0.15) is 0 Å². The molecular weight excluding hydrogens is 370 g/mol. The molecular formula is C18H17N3O3S2. The number of rotatable bonds is 5. The number of thioether (sulfide) groups is 1. The number of methoxy groups -OCH3 is 1. The third-order valence-corrected chi connectivity index (χ3v) is 6.35. The molecule has 0 saturated carbocycles. The fourth-order valence-electron chi connectivity index (χ4n) is 3.10. The van der Waals surface area contributed by atoms with Crippen LogP contribution in [-0.2, 0) is 22.4 Å². The highest BCUT2D eigenvalue weighted by molar-refractivity contribution is 7.99. The highest BCUT2D eigenvalue weighted by atomic mass is 32.2. The Morgan fingerprint density at radius 1 is 1.35 bits per heavy atom. The van der Waals surface area contributed by atoms with Crippen LogP contribution in [0.3, 0.4) is 0 Å². The van der Waals surface area contributed by atoms with Crippen molar-refractivity contribution >= 4 is 51.0 Å². The van der Waals surface area contributed by atoms with Crippen molar-refractivity contribution in [3.05, 3.63) is 40.3 Å². The maximum absolute atomic E-state index is 12.4. The smallest absolute Gasteiger partial charge is 0.341 e. The van der Waals surface area contributed by atoms with Gasteiger partial charge in [0.1, 0.15) is 5.00 Å². The molecule has 0 bridgehead atoms. The van der Waals surface area contributed by atoms with Crippen molar-refractivity contribution in [2.45, 2.75) is 24.4 Å². The number of nitrogens with zero attached hydrogens (tertiary/aromatic N) is 1. The number of benzene rings is 1. The summed E-state index contributed by atoms with van der Waals surface area (Å²) in [5.41, 5.74) is 3.37. The highest BCUT2D eigenvalue weighted by Gasteiger charge is 2.28. The lowest BCUT2D eigenvalue weighted by Gasteiger charge is -2.06. The minimum atomic E-state index is -0.385. The summed E-state index contributed by atoms with van der Waals surface area (Å²) in [5.74, 6) is -0.339. The third-order valence-electron chi connectivity index (χ3n) is 4.27. The topological polar surface area (TPSA) is 84.1 Å². The number of imidazole rings is 1. The van der Waals surface area contributed by atoms with Gasteiger partial charge in [-0.25, -0.2) is 9.78 Å². The first-order valence-electron chi connectivity index (χ1n) is 8.26. The molecule has 1 aliphatic carbocycles. The fraction of sp³-hybridized carbons (Fsp3) is 0.278. The molecule has 2 aromatic heterocycles. The van der Waals surface area contributed by atoms with Crippen LogP contribution in [0.5, 0.6) is 0 Å². The van der Waals surface area contributed by atoms with Gasteiger partial charge in [-0.3, -0.25) is 4.79 Å². The van der Waals surface area contributed by atoms with Crippen LogP contribution in [0.1, 0.15) is 27.2 Å². The number of carbonyl (C=O) groups excluding carboxylic acids is 2. The molecule has 4 rings (SSSR count). The van der Waals surface area contributed by atoms with Crippen molar-refractivity contribution in [2.75, 3.05) is 18.2 Å². The van der Waals surface area contributed by atoms with Crippen LogP contribution in [0.25, 0.3) is 11.0 Å². The Labute approximate surface area is 158 Å². The molecule has 0 saturated heterocycles. The van der Waals surface area contributed by atoms with Gasteiger partial charge in [-0.15, -0.1) is 11.3 Å². The number of esters is 1. The van der Waals surface area contributed by atoms with E-state index in [-0.39, 0.29) is 17.6 Å². The zero-order valence-corrected chi connectivity index (χ0v) is 15.8. The number of aromatic nitrogens is 2. The number of nitrogens with one attached hydrogen (secondary N) is 2. The molecule has 0 spiro atoms. The van der Waals surface area contributed by atoms with Gasteiger partial charge in [0.25, 0.3) is 0 Å². The largest absolute Gasteiger partial charge is 0.465 e. The van der Waals surface area contributed by atoms with Crippen molar-refractivity contribution in [2.24, 2.45) is 0 Å². The molecule has 1 amide bonds. The molecule has 0 fully saturated rings. The van der Waals surface area contributed by atoms with E-state index in [4.69, 9.17) is 4.74 Å². The van der Waals surface area contributed by atoms with Crippen LogP contribution < -0.4 is 5.32 Å². The quantitative estimate of drug-likeness (QED) is 0.516. The van der Waals surface area contributed by atoms with E-state index in [1.165, 1.54) is 35.1 Å². The number of amides is 1. The molecule has 0 aliphatic heterocycles. The molecule has 8 heteroatoms. The number of fused-ring (bicyclic) bond motifs is 2. The summed E-state index contributed by atoms with van der Waals surface area (Å²) in [7, 11) is 1.37. The van der Waals surface area contributed by atoms with Crippen LogP contribution in [0.15, 0.2) is 29.4 Å². The van der Waals surface area contributed by atoms with E-state index in [0.29, 0.717) is 15.7 Å². The molecule has 0 atom stereocenters. The van der Waals surface area contributed by atoms with Gasteiger partial charge >= 0.3 is 5.97 Å². The van der Waals surface area contributed by atoms with Crippen LogP contribution in [0.2, 0.25) is 0 Å². The van der Waals surface area contributed by atoms with Crippen LogP contribution in [-0.4, -0.2) is 34.7 Å². The highest BCUT2D eigenvalue weighted by Crippen LogP contribution is 2.39. The number of H-pyrrole nitrogens is 1. The molecule has 2 heterocycles. The van der Waals surface area contributed by atoms with Gasteiger partial charge in [0.05, 0.1) is 29.5 Å². The Morgan fingerprint density at radius 2 is 2.19 bits per heavy atom. The summed E-state index contributed by atoms with van der Waals surface area (Å²) in [6.07, 6.45) is 2.86. The van der Waals surface area contributed by atoms with Crippen molar-refractivity contribution in [1.29, 1.82) is 0 Å². The van der Waals surface area contributed by atoms with Crippen molar-refractivity contribution < 1.29 is 14.3 Å². The average Bonchev–Trinajstić information content (AvgIpc) is 3.32. The molecule has 0 radical (unpaired) electrons. The first kappa shape index (κ1) is 17.1. The molecule has 134 valence electrons. The SMILES string of the molecule is COC(=O)c1c(NC(=O)CSc2nc3ccccc3[nH]2)sc2c1CCC2. The maximum atomic E-state index is 12.4. The van der Waals surface area contributed by atoms with E-state index < -0.39 is 0 Å². The number of ether oxygens (including phenoxy) is 1. The lowest BCUT2D eigenvalue weighted by Crippen LogP contribution is -2.16. The molecule has 1 aromatic carbocycles. The lowest BCUT2D eigenvalue weighted by molar-refractivity contribution is -0.113. The second-order valence-corrected chi connectivity index (χ2v) is 8.02. The van der Waals surface area contributed by atoms with E-state index in [1.807, 2.05) is 24.3 Å². The standard InChI is InChI=1S/C18H17N3O3S2/c1-24-17(23)15-10-5-4-8-13(10)26-16(15)21-14(22)9-25-18-19-11-6-2-3-7-12(11)20-18/h2-3,6-7H,4-5,8-9H2,1H3,(H,19,20)(H,21,22). The van der Waals surface area contributed by atoms with Gasteiger partial charge < -0.3 is 15.0 Å². The molecule has 0 unspecified atom stereocenters. The Hall–Kier alpha value is -2.32. The summed E-state index contributed by atoms with van der Waals surface area (Å²) >= 11 is 2.81. The molecule has 1 aliphatic rings. The third kappa shape index (κ3) is 3.22. The van der Waals surface area contributed by atoms with Gasteiger partial charge in [0.2, 0.25) is 5.91 Å². The normalized spacial score (nSPS) is 13.0. The van der Waals surface area contributed by atoms with E-state index in [0.717, 1.165) is 35.9 Å². The predicted octanol–water partition coefficient (Wildman–Crippen LogP) is 3.63. The van der Waals surface area contributed by atoms with Crippen molar-refractivity contribution in [3.63, 3.8) is 0 Å². The van der Waals surface area contributed by atoms with Gasteiger partial charge in [0, 0.05) is 4.88 Å². The van der Waals surface area contributed by atoms with Gasteiger partial charge in [-0.05, 0) is 37.0 Å². The van der Waals surface area contributed by atoms with E-state index in [2.05, 4.69) is 15.3 Å². The number of hydrogen-bond donors (Lipinski definition) is 2. The monoisotopic (exact) mass is 387 g/mol. The Kier molecular flexibility index (Phi) is 4.69. The minimum Gasteiger partial charge on any atom is -0.465 e. The van der Waals surface area contributed by atoms with Gasteiger partial charge in [0.15, 0.2) is 5.16 Å². The Morgan fingerprint density at radius 3 is 3.00 bits per heavy atom. The van der Waals surface area contributed by atoms with Crippen LogP contribution in [0, 0.1) is 0 Å². The molecule has 26 heavy (non-hydrogen) atoms. The maximum Gasteiger partial charge on any atom is 0.341 e. The van der Waals surface area contributed by atoms with Crippen LogP contribution in [0.4, 0.5) is 5.00 Å². The second kappa shape index (κ2) is 7.13. The number of thiophene rings is 1. The van der Waals surface area contributed by atoms with Crippen molar-refractivity contribution in [3.8, 4) is 0 Å². The number of para-hydroxylation sites is 2. The Bertz CT molecular complexity index is 960. The zero-order valence-electron chi connectivity index (χ0n) is 14.1. The number of anilines is 1. The summed E-state index contributed by atoms with van der Waals surface area (Å²) in [6.45, 7) is 0. The molecule has 6 nitrogen and oxygen atoms in total. The number of aromatic amines is 1. The predicted molar refractivity (Wildman–Crippen MR) is 103 cm³/mol. The minimum absolute atomic E-state index is 0.166. The van der Waals surface area contributed by atoms with Gasteiger partial charge in [-0.1, -0.05) is 23.9 Å². The van der Waals surface area contributed by atoms with E-state index in [1.54, 1.807) is 0 Å². The van der Waals surface area contributed by atoms with Crippen molar-refractivity contribution in [1.82, 2.24) is 9.97 Å². The first-order chi connectivity index (χ1) is 12.7. The summed E-state index contributed by atoms with van der Waals surface area (Å²) in [6, 6.07) is 7.73. The lowest BCUT2D eigenvalue weighted by atomic mass is 10.1. The summed E-state index contributed by atoms with van der Waals surface area (Å²) in [4.78, 5) is 33.3. The summed E-state index contributed by atoms with van der Waals surface area (Å²) in [5, 5.41) is 4.17. The van der Waals surface area contributed by atoms with Crippen LogP contribution >= 0.6 is 23.1 Å². The van der Waals surface area contributed by atoms with E-state index >= 15 is 0 Å². The Balaban J connectivity index is 1.46. The zero-order chi connectivity index (χ0) is 18.1. The summed E-state index contributed by atoms with van der Waals surface area (Å²) < 4.78 is 4.90. The fourth-order valence-corrected chi connectivity index (χ4v) is 5.08. The van der Waals surface area contributed by atoms with E-state index in [9.17, 15) is 9.59 Å². The molecule has 3 aromatic rings. The molecule has 2 N–H and O–H groups in total. The second-order valence-electron chi connectivity index (χ2n) is 5.95. The number of aryl methyl sites for hydroxylation is 1.